The quantitative estimate of drug-likeness (QED) is 0.347. The van der Waals surface area contributed by atoms with E-state index in [4.69, 9.17) is 9.47 Å². The van der Waals surface area contributed by atoms with E-state index in [0.29, 0.717) is 32.4 Å². The summed E-state index contributed by atoms with van der Waals surface area (Å²) in [6.07, 6.45) is 2.00. The van der Waals surface area contributed by atoms with Gasteiger partial charge in [0.05, 0.1) is 18.4 Å². The lowest BCUT2D eigenvalue weighted by Crippen LogP contribution is -2.57. The molecule has 1 saturated heterocycles. The molecule has 0 radical (unpaired) electrons. The van der Waals surface area contributed by atoms with Crippen LogP contribution in [-0.2, 0) is 53.4 Å². The molecule has 256 valence electrons. The van der Waals surface area contributed by atoms with Crippen molar-refractivity contribution >= 4 is 39.9 Å². The van der Waals surface area contributed by atoms with Gasteiger partial charge in [0.15, 0.2) is 0 Å². The molecule has 3 heterocycles. The summed E-state index contributed by atoms with van der Waals surface area (Å²) in [5.41, 5.74) is 3.18. The zero-order chi connectivity index (χ0) is 33.9. The van der Waals surface area contributed by atoms with Gasteiger partial charge in [-0.05, 0) is 61.1 Å². The topological polar surface area (TPSA) is 181 Å². The number of nitrogens with one attached hydrogen (secondary N) is 3. The van der Waals surface area contributed by atoms with Gasteiger partial charge in [0.2, 0.25) is 21.8 Å². The number of carbonyl (C=O) groups excluding carboxylic acids is 5. The molecule has 5 amide bonds. The van der Waals surface area contributed by atoms with Crippen molar-refractivity contribution in [2.45, 2.75) is 101 Å². The standard InChI is InChI=1S/C32H43N5O9S/c1-4-8-25(28(38)35-47(43,44)23-12-13-23)33-29(39)26-15-22-17-37(26)30(40)27(19(2)3)34-31(41)45-14-6-5-9-20-10-7-11-21-16-36(18-24(20)21)32(42)46-22/h4,7,10-11,19,22-23,25-27H,1,5-6,8-9,12-18H2,2-3H3,(H,33,39)(H,34,41)(H,35,38)/t22-,25?,26+,27?/m1/s1. The van der Waals surface area contributed by atoms with Crippen LogP contribution in [0.4, 0.5) is 9.59 Å². The fourth-order valence-corrected chi connectivity index (χ4v) is 7.58. The molecule has 0 aromatic heterocycles. The number of sulfonamides is 1. The van der Waals surface area contributed by atoms with Gasteiger partial charge in [0, 0.05) is 19.5 Å². The maximum absolute atomic E-state index is 14.0. The number of hydrogen-bond donors (Lipinski definition) is 3. The Bertz CT molecular complexity index is 1530. The zero-order valence-corrected chi connectivity index (χ0v) is 27.6. The lowest BCUT2D eigenvalue weighted by molar-refractivity contribution is -0.141. The summed E-state index contributed by atoms with van der Waals surface area (Å²) in [6, 6.07) is 2.40. The number of hydrogen-bond acceptors (Lipinski definition) is 9. The van der Waals surface area contributed by atoms with E-state index in [1.165, 1.54) is 11.0 Å². The number of amides is 5. The maximum atomic E-state index is 14.0. The van der Waals surface area contributed by atoms with E-state index >= 15 is 0 Å². The van der Waals surface area contributed by atoms with Crippen molar-refractivity contribution < 1.29 is 41.9 Å². The number of cyclic esters (lactones) is 1. The van der Waals surface area contributed by atoms with Crippen LogP contribution in [0, 0.1) is 5.92 Å². The number of aryl methyl sites for hydroxylation is 1. The summed E-state index contributed by atoms with van der Waals surface area (Å²) < 4.78 is 38.1. The highest BCUT2D eigenvalue weighted by molar-refractivity contribution is 7.90. The van der Waals surface area contributed by atoms with Crippen molar-refractivity contribution in [1.29, 1.82) is 0 Å². The minimum Gasteiger partial charge on any atom is -0.450 e. The Labute approximate surface area is 274 Å². The monoisotopic (exact) mass is 673 g/mol. The van der Waals surface area contributed by atoms with Crippen LogP contribution in [0.25, 0.3) is 0 Å². The second kappa shape index (κ2) is 14.3. The van der Waals surface area contributed by atoms with Crippen molar-refractivity contribution in [3.8, 4) is 0 Å². The van der Waals surface area contributed by atoms with Crippen LogP contribution in [0.3, 0.4) is 0 Å². The molecule has 1 aliphatic carbocycles. The van der Waals surface area contributed by atoms with E-state index in [-0.39, 0.29) is 26.0 Å². The van der Waals surface area contributed by atoms with Gasteiger partial charge in [-0.1, -0.05) is 38.1 Å². The van der Waals surface area contributed by atoms with E-state index in [1.54, 1.807) is 18.7 Å². The molecule has 4 bridgehead atoms. The number of nitrogens with zero attached hydrogens (tertiary/aromatic N) is 2. The summed E-state index contributed by atoms with van der Waals surface area (Å²) in [6.45, 7) is 7.83. The van der Waals surface area contributed by atoms with E-state index in [1.807, 2.05) is 22.9 Å². The summed E-state index contributed by atoms with van der Waals surface area (Å²) in [5, 5.41) is 4.56. The molecule has 15 heteroatoms. The normalized spacial score (nSPS) is 24.4. The van der Waals surface area contributed by atoms with Gasteiger partial charge in [-0.2, -0.15) is 0 Å². The number of ether oxygens (including phenoxy) is 2. The molecule has 1 aromatic rings. The van der Waals surface area contributed by atoms with Gasteiger partial charge in [-0.25, -0.2) is 18.0 Å². The first-order valence-electron chi connectivity index (χ1n) is 16.1. The molecule has 3 N–H and O–H groups in total. The van der Waals surface area contributed by atoms with Crippen LogP contribution < -0.4 is 15.4 Å². The third-order valence-electron chi connectivity index (χ3n) is 8.98. The highest BCUT2D eigenvalue weighted by Gasteiger charge is 2.46. The molecule has 0 spiro atoms. The van der Waals surface area contributed by atoms with Crippen molar-refractivity contribution in [2.75, 3.05) is 13.2 Å². The van der Waals surface area contributed by atoms with Crippen LogP contribution in [0.2, 0.25) is 0 Å². The van der Waals surface area contributed by atoms with E-state index in [9.17, 15) is 32.4 Å². The summed E-state index contributed by atoms with van der Waals surface area (Å²) in [5.74, 6) is -2.64. The molecular formula is C32H43N5O9S. The summed E-state index contributed by atoms with van der Waals surface area (Å²) in [4.78, 5) is 69.7. The highest BCUT2D eigenvalue weighted by Crippen LogP contribution is 2.30. The van der Waals surface area contributed by atoms with Crippen LogP contribution in [0.1, 0.15) is 69.1 Å². The van der Waals surface area contributed by atoms with Crippen LogP contribution in [0.5, 0.6) is 0 Å². The second-order valence-electron chi connectivity index (χ2n) is 12.9. The molecule has 4 aliphatic rings. The Morgan fingerprint density at radius 1 is 1.13 bits per heavy atom. The number of benzene rings is 1. The van der Waals surface area contributed by atoms with Crippen molar-refractivity contribution in [1.82, 2.24) is 25.2 Å². The van der Waals surface area contributed by atoms with Gasteiger partial charge in [-0.3, -0.25) is 24.0 Å². The van der Waals surface area contributed by atoms with Gasteiger partial charge in [0.1, 0.15) is 24.2 Å². The Balaban J connectivity index is 1.38. The van der Waals surface area contributed by atoms with Crippen LogP contribution in [0.15, 0.2) is 30.9 Å². The molecular weight excluding hydrogens is 630 g/mol. The maximum Gasteiger partial charge on any atom is 0.410 e. The minimum atomic E-state index is -3.88. The van der Waals surface area contributed by atoms with Crippen molar-refractivity contribution in [3.05, 3.63) is 47.5 Å². The second-order valence-corrected chi connectivity index (χ2v) is 14.9. The largest absolute Gasteiger partial charge is 0.450 e. The van der Waals surface area contributed by atoms with Crippen LogP contribution >= 0.6 is 0 Å². The van der Waals surface area contributed by atoms with Gasteiger partial charge in [0.25, 0.3) is 5.91 Å². The van der Waals surface area contributed by atoms with Crippen LogP contribution in [-0.4, -0.2) is 90.8 Å². The van der Waals surface area contributed by atoms with Gasteiger partial charge < -0.3 is 25.0 Å². The fraction of sp³-hybridized carbons (Fsp3) is 0.594. The van der Waals surface area contributed by atoms with E-state index in [2.05, 4.69) is 17.2 Å². The highest BCUT2D eigenvalue weighted by atomic mass is 32.2. The SMILES string of the molecule is C=CCC(NC(=O)[C@@H]1C[C@@H]2CN1C(=O)C(C(C)C)NC(=O)OCCCCc1cccc3c1CN(C3)C(=O)O2)C(=O)NS(=O)(=O)C1CC1. The first-order chi connectivity index (χ1) is 22.4. The first-order valence-corrected chi connectivity index (χ1v) is 17.7. The number of alkyl carbamates (subject to hydrolysis) is 1. The zero-order valence-electron chi connectivity index (χ0n) is 26.7. The predicted molar refractivity (Wildman–Crippen MR) is 169 cm³/mol. The third kappa shape index (κ3) is 8.06. The average Bonchev–Trinajstić information content (AvgIpc) is 3.66. The molecule has 4 atom stereocenters. The Morgan fingerprint density at radius 2 is 1.87 bits per heavy atom. The minimum absolute atomic E-state index is 0.0731. The van der Waals surface area contributed by atoms with Gasteiger partial charge in [-0.15, -0.1) is 6.58 Å². The first kappa shape index (κ1) is 34.2. The number of carbonyl (C=O) groups is 5. The number of fused-ring (bicyclic) bond motifs is 3. The molecule has 14 nitrogen and oxygen atoms in total. The Kier molecular flexibility index (Phi) is 10.4. The molecule has 2 unspecified atom stereocenters. The molecule has 2 fully saturated rings. The average molecular weight is 674 g/mol. The molecule has 1 saturated carbocycles. The number of rotatable bonds is 8. The Hall–Kier alpha value is -4.14. The van der Waals surface area contributed by atoms with Crippen molar-refractivity contribution in [3.63, 3.8) is 0 Å². The third-order valence-corrected chi connectivity index (χ3v) is 10.8. The predicted octanol–water partition coefficient (Wildman–Crippen LogP) is 1.86. The lowest BCUT2D eigenvalue weighted by atomic mass is 9.99. The fourth-order valence-electron chi connectivity index (χ4n) is 6.23. The van der Waals surface area contributed by atoms with Crippen molar-refractivity contribution in [2.24, 2.45) is 5.92 Å². The summed E-state index contributed by atoms with van der Waals surface area (Å²) in [7, 11) is -3.88. The van der Waals surface area contributed by atoms with E-state index < -0.39 is 75.3 Å². The van der Waals surface area contributed by atoms with Gasteiger partial charge >= 0.3 is 12.2 Å². The smallest absolute Gasteiger partial charge is 0.410 e. The summed E-state index contributed by atoms with van der Waals surface area (Å²) >= 11 is 0. The lowest BCUT2D eigenvalue weighted by Gasteiger charge is -2.30. The molecule has 47 heavy (non-hydrogen) atoms. The molecule has 5 rings (SSSR count). The Morgan fingerprint density at radius 3 is 2.57 bits per heavy atom. The van der Waals surface area contributed by atoms with E-state index in [0.717, 1.165) is 29.5 Å². The molecule has 1 aromatic carbocycles. The molecule has 3 aliphatic heterocycles.